The van der Waals surface area contributed by atoms with Crippen molar-refractivity contribution in [1.29, 1.82) is 0 Å². The average molecular weight is 164 g/mol. The highest BCUT2D eigenvalue weighted by atomic mass is 15.0. The fourth-order valence-corrected chi connectivity index (χ4v) is 1.27. The predicted molar refractivity (Wildman–Crippen MR) is 51.8 cm³/mol. The van der Waals surface area contributed by atoms with E-state index in [0.717, 1.165) is 12.8 Å². The van der Waals surface area contributed by atoms with E-state index in [0.29, 0.717) is 0 Å². The van der Waals surface area contributed by atoms with Crippen LogP contribution in [0, 0.1) is 0 Å². The van der Waals surface area contributed by atoms with E-state index in [1.54, 1.807) is 0 Å². The van der Waals surface area contributed by atoms with E-state index < -0.39 is 0 Å². The van der Waals surface area contributed by atoms with Crippen LogP contribution in [0.4, 0.5) is 0 Å². The Morgan fingerprint density at radius 1 is 1.33 bits per heavy atom. The van der Waals surface area contributed by atoms with E-state index in [1.165, 1.54) is 11.4 Å². The van der Waals surface area contributed by atoms with E-state index in [4.69, 9.17) is 0 Å². The van der Waals surface area contributed by atoms with Gasteiger partial charge in [-0.15, -0.1) is 0 Å². The van der Waals surface area contributed by atoms with Crippen LogP contribution in [0.2, 0.25) is 0 Å². The van der Waals surface area contributed by atoms with Crippen molar-refractivity contribution >= 4 is 6.20 Å². The van der Waals surface area contributed by atoms with Crippen LogP contribution < -0.4 is 0 Å². The summed E-state index contributed by atoms with van der Waals surface area (Å²) < 4.78 is 2.10. The molecule has 0 spiro atoms. The Labute approximate surface area is 73.9 Å². The Balaban J connectivity index is 0.000000336. The third-order valence-electron chi connectivity index (χ3n) is 1.85. The van der Waals surface area contributed by atoms with Crippen LogP contribution in [-0.2, 0) is 6.42 Å². The summed E-state index contributed by atoms with van der Waals surface area (Å²) in [6.07, 6.45) is 8.25. The summed E-state index contributed by atoms with van der Waals surface area (Å²) in [4.78, 5) is 4.21. The topological polar surface area (TPSA) is 17.8 Å². The minimum atomic E-state index is 1.09. The lowest BCUT2D eigenvalue weighted by molar-refractivity contribution is 0.804. The normalized spacial score (nSPS) is 14.1. The third-order valence-corrected chi connectivity index (χ3v) is 1.85. The van der Waals surface area contributed by atoms with E-state index >= 15 is 0 Å². The third kappa shape index (κ3) is 1.76. The van der Waals surface area contributed by atoms with E-state index in [-0.39, 0.29) is 0 Å². The zero-order chi connectivity index (χ0) is 8.97. The fraction of sp³-hybridized carbons (Fsp3) is 0.500. The van der Waals surface area contributed by atoms with Crippen LogP contribution in [0.25, 0.3) is 6.20 Å². The Hall–Kier alpha value is -1.05. The van der Waals surface area contributed by atoms with Crippen LogP contribution in [0.3, 0.4) is 0 Å². The molecule has 0 fully saturated rings. The number of nitrogens with zero attached hydrogens (tertiary/aromatic N) is 2. The smallest absolute Gasteiger partial charge is 0.113 e. The number of rotatable bonds is 0. The van der Waals surface area contributed by atoms with Crippen molar-refractivity contribution < 1.29 is 0 Å². The molecule has 0 saturated heterocycles. The van der Waals surface area contributed by atoms with Crippen molar-refractivity contribution in [2.24, 2.45) is 0 Å². The molecular formula is C10H16N2. The first kappa shape index (κ1) is 9.04. The van der Waals surface area contributed by atoms with Gasteiger partial charge >= 0.3 is 0 Å². The maximum Gasteiger partial charge on any atom is 0.113 e. The van der Waals surface area contributed by atoms with E-state index in [2.05, 4.69) is 22.7 Å². The van der Waals surface area contributed by atoms with E-state index in [1.807, 2.05) is 26.2 Å². The van der Waals surface area contributed by atoms with Crippen LogP contribution in [0.5, 0.6) is 0 Å². The number of fused-ring (bicyclic) bond motifs is 1. The molecular weight excluding hydrogens is 148 g/mol. The molecule has 1 aliphatic rings. The molecule has 1 aromatic heterocycles. The fourth-order valence-electron chi connectivity index (χ4n) is 1.27. The van der Waals surface area contributed by atoms with Gasteiger partial charge in [-0.2, -0.15) is 0 Å². The zero-order valence-corrected chi connectivity index (χ0v) is 8.04. The lowest BCUT2D eigenvalue weighted by Gasteiger charge is -2.10. The Bertz CT molecular complexity index is 271. The number of aromatic nitrogens is 2. The van der Waals surface area contributed by atoms with Crippen LogP contribution >= 0.6 is 0 Å². The lowest BCUT2D eigenvalue weighted by atomic mass is 10.1. The quantitative estimate of drug-likeness (QED) is 0.576. The second-order valence-electron chi connectivity index (χ2n) is 2.73. The molecule has 0 bridgehead atoms. The molecule has 1 aliphatic heterocycles. The molecule has 0 radical (unpaired) electrons. The molecule has 0 atom stereocenters. The van der Waals surface area contributed by atoms with Gasteiger partial charge in [0.05, 0.1) is 0 Å². The van der Waals surface area contributed by atoms with Gasteiger partial charge in [-0.25, -0.2) is 4.98 Å². The number of hydrogen-bond acceptors (Lipinski definition) is 1. The lowest BCUT2D eigenvalue weighted by Crippen LogP contribution is -2.02. The van der Waals surface area contributed by atoms with E-state index in [9.17, 15) is 0 Å². The first-order chi connectivity index (χ1) is 5.86. The maximum atomic E-state index is 4.21. The zero-order valence-electron chi connectivity index (χ0n) is 8.04. The Kier molecular flexibility index (Phi) is 3.09. The number of aryl methyl sites for hydroxylation is 1. The van der Waals surface area contributed by atoms with Crippen molar-refractivity contribution in [3.63, 3.8) is 0 Å². The number of hydrogen-bond donors (Lipinski definition) is 0. The summed E-state index contributed by atoms with van der Waals surface area (Å²) in [5.74, 6) is 1.19. The summed E-state index contributed by atoms with van der Waals surface area (Å²) in [7, 11) is 0. The average Bonchev–Trinajstić information content (AvgIpc) is 2.54. The van der Waals surface area contributed by atoms with Gasteiger partial charge in [-0.05, 0) is 13.3 Å². The molecule has 2 heteroatoms. The van der Waals surface area contributed by atoms with Crippen molar-refractivity contribution in [1.82, 2.24) is 9.55 Å². The molecule has 0 N–H and O–H groups in total. The van der Waals surface area contributed by atoms with Crippen LogP contribution in [0.1, 0.15) is 33.0 Å². The van der Waals surface area contributed by atoms with Crippen molar-refractivity contribution in [2.75, 3.05) is 0 Å². The highest BCUT2D eigenvalue weighted by Gasteiger charge is 2.06. The first-order valence-corrected chi connectivity index (χ1v) is 4.55. The molecule has 66 valence electrons. The first-order valence-electron chi connectivity index (χ1n) is 4.55. The van der Waals surface area contributed by atoms with Gasteiger partial charge < -0.3 is 4.57 Å². The summed E-state index contributed by atoms with van der Waals surface area (Å²) in [5.41, 5.74) is 1.44. The predicted octanol–water partition coefficient (Wildman–Crippen LogP) is 2.72. The molecule has 0 amide bonds. The van der Waals surface area contributed by atoms with Gasteiger partial charge in [-0.1, -0.05) is 19.4 Å². The molecule has 0 aromatic carbocycles. The van der Waals surface area contributed by atoms with Gasteiger partial charge in [0.15, 0.2) is 0 Å². The second kappa shape index (κ2) is 4.10. The molecule has 0 aliphatic carbocycles. The molecule has 0 unspecified atom stereocenters. The largest absolute Gasteiger partial charge is 0.311 e. The summed E-state index contributed by atoms with van der Waals surface area (Å²) in [5, 5.41) is 0. The minimum absolute atomic E-state index is 1.09. The second-order valence-corrected chi connectivity index (χ2v) is 2.73. The Morgan fingerprint density at radius 3 is 2.83 bits per heavy atom. The van der Waals surface area contributed by atoms with Crippen LogP contribution in [-0.4, -0.2) is 9.55 Å². The van der Waals surface area contributed by atoms with Crippen LogP contribution in [0.15, 0.2) is 18.0 Å². The summed E-state index contributed by atoms with van der Waals surface area (Å²) >= 11 is 0. The number of allylic oxidation sites excluding steroid dienone is 1. The maximum absolute atomic E-state index is 4.21. The van der Waals surface area contributed by atoms with Crippen molar-refractivity contribution in [2.45, 2.75) is 33.6 Å². The number of imidazole rings is 1. The molecule has 1 aromatic rings. The molecule has 12 heavy (non-hydrogen) atoms. The summed E-state index contributed by atoms with van der Waals surface area (Å²) in [6.45, 7) is 6.16. The van der Waals surface area contributed by atoms with Gasteiger partial charge in [-0.3, -0.25) is 0 Å². The Morgan fingerprint density at radius 2 is 2.08 bits per heavy atom. The van der Waals surface area contributed by atoms with Gasteiger partial charge in [0.1, 0.15) is 5.82 Å². The van der Waals surface area contributed by atoms with Gasteiger partial charge in [0.2, 0.25) is 0 Å². The molecule has 2 heterocycles. The van der Waals surface area contributed by atoms with Gasteiger partial charge in [0.25, 0.3) is 0 Å². The SMILES string of the molecule is CC.CC1=Cn2ccnc2CC1. The van der Waals surface area contributed by atoms with Gasteiger partial charge in [0, 0.05) is 25.0 Å². The summed E-state index contributed by atoms with van der Waals surface area (Å²) in [6, 6.07) is 0. The standard InChI is InChI=1S/C8H10N2.C2H6/c1-7-2-3-8-9-4-5-10(8)6-7;1-2/h4-6H,2-3H2,1H3;1-2H3. The molecule has 2 nitrogen and oxygen atoms in total. The molecule has 0 saturated carbocycles. The monoisotopic (exact) mass is 164 g/mol. The molecule has 2 rings (SSSR count). The van der Waals surface area contributed by atoms with Crippen molar-refractivity contribution in [3.05, 3.63) is 23.8 Å². The highest BCUT2D eigenvalue weighted by molar-refractivity contribution is 5.34. The highest BCUT2D eigenvalue weighted by Crippen LogP contribution is 2.14. The van der Waals surface area contributed by atoms with Crippen molar-refractivity contribution in [3.8, 4) is 0 Å². The minimum Gasteiger partial charge on any atom is -0.311 e.